The second-order valence-corrected chi connectivity index (χ2v) is 11.9. The van der Waals surface area contributed by atoms with Gasteiger partial charge in [-0.1, -0.05) is 123 Å². The van der Waals surface area contributed by atoms with Crippen molar-refractivity contribution < 1.29 is 0 Å². The molecule has 7 aromatic carbocycles. The summed E-state index contributed by atoms with van der Waals surface area (Å²) >= 11 is 0. The maximum atomic E-state index is 3.72. The molecular formula is C41H31N. The van der Waals surface area contributed by atoms with E-state index in [0.717, 1.165) is 11.4 Å². The molecule has 1 nitrogen and oxygen atoms in total. The van der Waals surface area contributed by atoms with Gasteiger partial charge < -0.3 is 5.32 Å². The largest absolute Gasteiger partial charge is 0.355 e. The number of fused-ring (bicyclic) bond motifs is 5. The first-order valence-electron chi connectivity index (χ1n) is 14.7. The number of hydrogen-bond acceptors (Lipinski definition) is 1. The molecule has 0 amide bonds. The second kappa shape index (κ2) is 9.46. The van der Waals surface area contributed by atoms with Crippen molar-refractivity contribution in [1.29, 1.82) is 0 Å². The molecule has 0 spiro atoms. The number of anilines is 2. The molecule has 0 atom stereocenters. The summed E-state index contributed by atoms with van der Waals surface area (Å²) < 4.78 is 0. The zero-order valence-electron chi connectivity index (χ0n) is 23.9. The van der Waals surface area contributed by atoms with Crippen LogP contribution in [0.1, 0.15) is 25.0 Å². The third-order valence-corrected chi connectivity index (χ3v) is 9.03. The highest BCUT2D eigenvalue weighted by Gasteiger charge is 2.36. The fourth-order valence-corrected chi connectivity index (χ4v) is 6.73. The summed E-state index contributed by atoms with van der Waals surface area (Å²) in [5, 5.41) is 8.77. The predicted octanol–water partition coefficient (Wildman–Crippen LogP) is 11.4. The van der Waals surface area contributed by atoms with Crippen molar-refractivity contribution in [3.8, 4) is 33.4 Å². The summed E-state index contributed by atoms with van der Waals surface area (Å²) in [5.74, 6) is 0. The Hall–Kier alpha value is -5.14. The van der Waals surface area contributed by atoms with E-state index in [2.05, 4.69) is 165 Å². The summed E-state index contributed by atoms with van der Waals surface area (Å²) in [5.41, 5.74) is 12.6. The van der Waals surface area contributed by atoms with Gasteiger partial charge >= 0.3 is 0 Å². The smallest absolute Gasteiger partial charge is 0.0467 e. The van der Waals surface area contributed by atoms with Gasteiger partial charge in [-0.3, -0.25) is 0 Å². The van der Waals surface area contributed by atoms with E-state index in [4.69, 9.17) is 0 Å². The maximum Gasteiger partial charge on any atom is 0.0467 e. The molecule has 0 saturated heterocycles. The van der Waals surface area contributed by atoms with Crippen molar-refractivity contribution in [2.24, 2.45) is 0 Å². The SMILES string of the molecule is CC1(C)c2ccccc2-c2c(Nc3ccc(-c4ccc5cc(-c6ccc7ccccc7c6)ccc5c4)cc3)cccc21. The van der Waals surface area contributed by atoms with Crippen molar-refractivity contribution in [2.75, 3.05) is 5.32 Å². The molecular weight excluding hydrogens is 506 g/mol. The minimum absolute atomic E-state index is 0.000202. The standard InChI is InChI=1S/C41H31N/c1-41(2)37-11-6-5-10-36(37)40-38(41)12-7-13-39(40)42-35-22-20-28(21-23-35)30-16-17-33-26-34(19-18-32(33)25-30)31-15-14-27-8-3-4-9-29(27)24-31/h3-26,42H,1-2H3. The van der Waals surface area contributed by atoms with Gasteiger partial charge in [0, 0.05) is 22.4 Å². The molecule has 0 heterocycles. The molecule has 0 fully saturated rings. The highest BCUT2D eigenvalue weighted by Crippen LogP contribution is 2.51. The molecule has 8 rings (SSSR count). The Morgan fingerprint density at radius 2 is 0.952 bits per heavy atom. The molecule has 0 bridgehead atoms. The zero-order valence-corrected chi connectivity index (χ0v) is 23.9. The predicted molar refractivity (Wildman–Crippen MR) is 180 cm³/mol. The van der Waals surface area contributed by atoms with Crippen LogP contribution >= 0.6 is 0 Å². The molecule has 0 aliphatic heterocycles. The zero-order chi connectivity index (χ0) is 28.3. The van der Waals surface area contributed by atoms with Crippen LogP contribution in [0.5, 0.6) is 0 Å². The number of benzene rings is 7. The molecule has 42 heavy (non-hydrogen) atoms. The highest BCUT2D eigenvalue weighted by molar-refractivity contribution is 5.94. The number of hydrogen-bond donors (Lipinski definition) is 1. The van der Waals surface area contributed by atoms with E-state index in [0.29, 0.717) is 0 Å². The molecule has 0 unspecified atom stereocenters. The van der Waals surface area contributed by atoms with E-state index in [1.54, 1.807) is 0 Å². The van der Waals surface area contributed by atoms with Gasteiger partial charge in [0.1, 0.15) is 0 Å². The third-order valence-electron chi connectivity index (χ3n) is 9.03. The first-order chi connectivity index (χ1) is 20.5. The lowest BCUT2D eigenvalue weighted by Crippen LogP contribution is -2.14. The Bertz CT molecular complexity index is 2130. The van der Waals surface area contributed by atoms with Gasteiger partial charge in [-0.15, -0.1) is 0 Å². The summed E-state index contributed by atoms with van der Waals surface area (Å²) in [6.45, 7) is 4.65. The molecule has 1 aliphatic rings. The third kappa shape index (κ3) is 4.01. The Morgan fingerprint density at radius 1 is 0.429 bits per heavy atom. The van der Waals surface area contributed by atoms with Crippen LogP contribution in [0, 0.1) is 0 Å². The van der Waals surface area contributed by atoms with E-state index in [1.165, 1.54) is 66.1 Å². The fraction of sp³-hybridized carbons (Fsp3) is 0.0732. The molecule has 1 N–H and O–H groups in total. The molecule has 200 valence electrons. The minimum atomic E-state index is -0.000202. The molecule has 0 saturated carbocycles. The van der Waals surface area contributed by atoms with Crippen molar-refractivity contribution in [3.63, 3.8) is 0 Å². The average molecular weight is 538 g/mol. The van der Waals surface area contributed by atoms with Gasteiger partial charge in [0.2, 0.25) is 0 Å². The fourth-order valence-electron chi connectivity index (χ4n) is 6.73. The monoisotopic (exact) mass is 537 g/mol. The molecule has 0 radical (unpaired) electrons. The lowest BCUT2D eigenvalue weighted by molar-refractivity contribution is 0.660. The lowest BCUT2D eigenvalue weighted by Gasteiger charge is -2.21. The van der Waals surface area contributed by atoms with Gasteiger partial charge in [0.15, 0.2) is 0 Å². The van der Waals surface area contributed by atoms with Gasteiger partial charge in [0.05, 0.1) is 0 Å². The molecule has 0 aromatic heterocycles. The van der Waals surface area contributed by atoms with Gasteiger partial charge in [-0.25, -0.2) is 0 Å². The van der Waals surface area contributed by atoms with E-state index >= 15 is 0 Å². The minimum Gasteiger partial charge on any atom is -0.355 e. The first-order valence-corrected chi connectivity index (χ1v) is 14.7. The number of rotatable bonds is 4. The van der Waals surface area contributed by atoms with E-state index in [-0.39, 0.29) is 5.41 Å². The summed E-state index contributed by atoms with van der Waals surface area (Å²) in [4.78, 5) is 0. The normalized spacial score (nSPS) is 13.2. The Balaban J connectivity index is 1.07. The van der Waals surface area contributed by atoms with E-state index in [1.807, 2.05) is 0 Å². The van der Waals surface area contributed by atoms with Crippen LogP contribution in [0.3, 0.4) is 0 Å². The Kier molecular flexibility index (Phi) is 5.55. The van der Waals surface area contributed by atoms with Crippen molar-refractivity contribution in [1.82, 2.24) is 0 Å². The Labute approximate surface area is 247 Å². The van der Waals surface area contributed by atoms with Gasteiger partial charge in [-0.05, 0) is 96.9 Å². The molecule has 7 aromatic rings. The quantitative estimate of drug-likeness (QED) is 0.235. The average Bonchev–Trinajstić information content (AvgIpc) is 3.28. The first kappa shape index (κ1) is 24.6. The second-order valence-electron chi connectivity index (χ2n) is 11.9. The summed E-state index contributed by atoms with van der Waals surface area (Å²) in [7, 11) is 0. The van der Waals surface area contributed by atoms with Crippen LogP contribution in [0.2, 0.25) is 0 Å². The van der Waals surface area contributed by atoms with Crippen molar-refractivity contribution >= 4 is 32.9 Å². The lowest BCUT2D eigenvalue weighted by atomic mass is 9.82. The maximum absolute atomic E-state index is 3.72. The van der Waals surface area contributed by atoms with Gasteiger partial charge in [-0.2, -0.15) is 0 Å². The van der Waals surface area contributed by atoms with Crippen LogP contribution in [-0.4, -0.2) is 0 Å². The molecule has 1 aliphatic carbocycles. The highest BCUT2D eigenvalue weighted by atomic mass is 14.9. The van der Waals surface area contributed by atoms with Gasteiger partial charge in [0.25, 0.3) is 0 Å². The Morgan fingerprint density at radius 3 is 1.67 bits per heavy atom. The summed E-state index contributed by atoms with van der Waals surface area (Å²) in [6.07, 6.45) is 0. The topological polar surface area (TPSA) is 12.0 Å². The van der Waals surface area contributed by atoms with Crippen molar-refractivity contribution in [2.45, 2.75) is 19.3 Å². The van der Waals surface area contributed by atoms with Crippen LogP contribution in [0.25, 0.3) is 54.9 Å². The molecule has 1 heteroatoms. The number of nitrogens with one attached hydrogen (secondary N) is 1. The van der Waals surface area contributed by atoms with Crippen LogP contribution in [0.15, 0.2) is 146 Å². The summed E-state index contributed by atoms with van der Waals surface area (Å²) in [6, 6.07) is 53.1. The van der Waals surface area contributed by atoms with Crippen molar-refractivity contribution in [3.05, 3.63) is 157 Å². The van der Waals surface area contributed by atoms with E-state index in [9.17, 15) is 0 Å². The van der Waals surface area contributed by atoms with E-state index < -0.39 is 0 Å². The van der Waals surface area contributed by atoms with Crippen LogP contribution < -0.4 is 5.32 Å². The van der Waals surface area contributed by atoms with Crippen LogP contribution in [-0.2, 0) is 5.41 Å². The van der Waals surface area contributed by atoms with Crippen LogP contribution in [0.4, 0.5) is 11.4 Å².